The van der Waals surface area contributed by atoms with E-state index in [2.05, 4.69) is 48.6 Å². The number of aryl methyl sites for hydroxylation is 1. The Morgan fingerprint density at radius 2 is 2.00 bits per heavy atom. The maximum atomic E-state index is 13.2. The highest BCUT2D eigenvalue weighted by Gasteiger charge is 2.19. The molecule has 2 heterocycles. The summed E-state index contributed by atoms with van der Waals surface area (Å²) in [6.45, 7) is 6.34. The van der Waals surface area contributed by atoms with Crippen molar-refractivity contribution in [3.05, 3.63) is 60.1 Å². The summed E-state index contributed by atoms with van der Waals surface area (Å²) in [5.74, 6) is 1.47. The van der Waals surface area contributed by atoms with E-state index in [0.717, 1.165) is 13.6 Å². The quantitative estimate of drug-likeness (QED) is 0.268. The SMILES string of the molecule is CCOc1cc(C=Nn2c(CC)nc3ccc(Br)cc3c2=O)cc(I)c1OCC(=O)N1CCOCC1. The first-order chi connectivity index (χ1) is 17.4. The predicted molar refractivity (Wildman–Crippen MR) is 149 cm³/mol. The molecule has 1 aromatic heterocycles. The van der Waals surface area contributed by atoms with Crippen molar-refractivity contribution in [1.29, 1.82) is 0 Å². The molecule has 0 bridgehead atoms. The Labute approximate surface area is 230 Å². The van der Waals surface area contributed by atoms with Crippen LogP contribution in [0.4, 0.5) is 0 Å². The van der Waals surface area contributed by atoms with Gasteiger partial charge < -0.3 is 19.1 Å². The van der Waals surface area contributed by atoms with Crippen molar-refractivity contribution in [2.75, 3.05) is 39.5 Å². The molecule has 1 aliphatic heterocycles. The zero-order valence-corrected chi connectivity index (χ0v) is 23.7. The van der Waals surface area contributed by atoms with Gasteiger partial charge in [0.1, 0.15) is 5.82 Å². The highest BCUT2D eigenvalue weighted by Crippen LogP contribution is 2.34. The topological polar surface area (TPSA) is 95.2 Å². The van der Waals surface area contributed by atoms with Crippen molar-refractivity contribution >= 4 is 61.5 Å². The molecule has 1 aliphatic rings. The Morgan fingerprint density at radius 3 is 2.72 bits per heavy atom. The van der Waals surface area contributed by atoms with Crippen LogP contribution in [-0.2, 0) is 16.0 Å². The average Bonchev–Trinajstić information content (AvgIpc) is 2.88. The maximum Gasteiger partial charge on any atom is 0.282 e. The number of morpholine rings is 1. The Hall–Kier alpha value is -2.51. The van der Waals surface area contributed by atoms with Gasteiger partial charge in [0.2, 0.25) is 0 Å². The zero-order valence-electron chi connectivity index (χ0n) is 20.0. The minimum atomic E-state index is -0.240. The first kappa shape index (κ1) is 26.6. The van der Waals surface area contributed by atoms with Crippen LogP contribution in [0.3, 0.4) is 0 Å². The molecule has 0 saturated carbocycles. The molecule has 0 atom stereocenters. The lowest BCUT2D eigenvalue weighted by molar-refractivity contribution is -0.137. The number of hydrogen-bond acceptors (Lipinski definition) is 7. The van der Waals surface area contributed by atoms with Crippen LogP contribution in [0.1, 0.15) is 25.2 Å². The number of fused-ring (bicyclic) bond motifs is 1. The normalized spacial score (nSPS) is 13.9. The Kier molecular flexibility index (Phi) is 8.96. The van der Waals surface area contributed by atoms with Crippen LogP contribution >= 0.6 is 38.5 Å². The molecular weight excluding hydrogens is 643 g/mol. The van der Waals surface area contributed by atoms with Crippen LogP contribution in [0.25, 0.3) is 10.9 Å². The Morgan fingerprint density at radius 1 is 1.22 bits per heavy atom. The van der Waals surface area contributed by atoms with Crippen molar-refractivity contribution in [3.63, 3.8) is 0 Å². The molecule has 1 amide bonds. The lowest BCUT2D eigenvalue weighted by atomic mass is 10.2. The van der Waals surface area contributed by atoms with Gasteiger partial charge in [0.15, 0.2) is 18.1 Å². The van der Waals surface area contributed by atoms with E-state index in [4.69, 9.17) is 14.2 Å². The second-order valence-corrected chi connectivity index (χ2v) is 10.0. The summed E-state index contributed by atoms with van der Waals surface area (Å²) in [6, 6.07) is 9.06. The molecule has 1 saturated heterocycles. The summed E-state index contributed by atoms with van der Waals surface area (Å²) in [6.07, 6.45) is 2.14. The van der Waals surface area contributed by atoms with E-state index in [-0.39, 0.29) is 18.1 Å². The van der Waals surface area contributed by atoms with E-state index >= 15 is 0 Å². The molecule has 0 unspecified atom stereocenters. The van der Waals surface area contributed by atoms with E-state index < -0.39 is 0 Å². The van der Waals surface area contributed by atoms with Gasteiger partial charge in [-0.05, 0) is 65.4 Å². The van der Waals surface area contributed by atoms with Gasteiger partial charge in [0.05, 0.1) is 40.5 Å². The molecule has 0 spiro atoms. The minimum Gasteiger partial charge on any atom is -0.490 e. The Bertz CT molecular complexity index is 1350. The number of carbonyl (C=O) groups excluding carboxylic acids is 1. The molecule has 3 aromatic rings. The van der Waals surface area contributed by atoms with Crippen LogP contribution < -0.4 is 15.0 Å². The monoisotopic (exact) mass is 668 g/mol. The van der Waals surface area contributed by atoms with Crippen LogP contribution in [0.5, 0.6) is 11.5 Å². The highest BCUT2D eigenvalue weighted by atomic mass is 127. The fourth-order valence-electron chi connectivity index (χ4n) is 3.77. The number of hydrogen-bond donors (Lipinski definition) is 0. The number of halogens is 2. The number of aromatic nitrogens is 2. The average molecular weight is 669 g/mol. The second kappa shape index (κ2) is 12.2. The highest BCUT2D eigenvalue weighted by molar-refractivity contribution is 14.1. The van der Waals surface area contributed by atoms with Gasteiger partial charge in [-0.3, -0.25) is 9.59 Å². The molecule has 0 radical (unpaired) electrons. The summed E-state index contributed by atoms with van der Waals surface area (Å²) in [5, 5.41) is 4.95. The predicted octanol–water partition coefficient (Wildman–Crippen LogP) is 3.84. The van der Waals surface area contributed by atoms with Gasteiger partial charge in [0, 0.05) is 24.0 Å². The molecule has 0 aliphatic carbocycles. The van der Waals surface area contributed by atoms with Crippen molar-refractivity contribution in [1.82, 2.24) is 14.6 Å². The largest absolute Gasteiger partial charge is 0.490 e. The molecule has 9 nitrogen and oxygen atoms in total. The number of ether oxygens (including phenoxy) is 3. The number of rotatable bonds is 8. The van der Waals surface area contributed by atoms with E-state index in [1.807, 2.05) is 32.0 Å². The van der Waals surface area contributed by atoms with Crippen LogP contribution in [-0.4, -0.2) is 66.2 Å². The Balaban J connectivity index is 1.61. The van der Waals surface area contributed by atoms with Crippen LogP contribution in [0.15, 0.2) is 44.7 Å². The van der Waals surface area contributed by atoms with E-state index in [0.29, 0.717) is 67.6 Å². The summed E-state index contributed by atoms with van der Waals surface area (Å²) in [4.78, 5) is 32.0. The molecule has 1 fully saturated rings. The fourth-order valence-corrected chi connectivity index (χ4v) is 4.91. The van der Waals surface area contributed by atoms with Gasteiger partial charge in [0.25, 0.3) is 11.5 Å². The lowest BCUT2D eigenvalue weighted by Crippen LogP contribution is -2.43. The summed E-state index contributed by atoms with van der Waals surface area (Å²) in [7, 11) is 0. The molecule has 190 valence electrons. The van der Waals surface area contributed by atoms with Gasteiger partial charge in [-0.25, -0.2) is 4.98 Å². The minimum absolute atomic E-state index is 0.0862. The van der Waals surface area contributed by atoms with Gasteiger partial charge in [-0.2, -0.15) is 9.78 Å². The van der Waals surface area contributed by atoms with Gasteiger partial charge in [-0.1, -0.05) is 22.9 Å². The van der Waals surface area contributed by atoms with E-state index in [1.165, 1.54) is 4.68 Å². The number of amides is 1. The van der Waals surface area contributed by atoms with Crippen molar-refractivity contribution in [2.24, 2.45) is 5.10 Å². The van der Waals surface area contributed by atoms with Gasteiger partial charge >= 0.3 is 0 Å². The number of carbonyl (C=O) groups is 1. The van der Waals surface area contributed by atoms with Crippen LogP contribution in [0.2, 0.25) is 0 Å². The smallest absolute Gasteiger partial charge is 0.282 e. The third-order valence-electron chi connectivity index (χ3n) is 5.55. The zero-order chi connectivity index (χ0) is 25.7. The van der Waals surface area contributed by atoms with Crippen molar-refractivity contribution in [3.8, 4) is 11.5 Å². The third kappa shape index (κ3) is 6.06. The first-order valence-corrected chi connectivity index (χ1v) is 13.5. The van der Waals surface area contributed by atoms with Crippen molar-refractivity contribution < 1.29 is 19.0 Å². The molecular formula is C25H26BrIN4O5. The van der Waals surface area contributed by atoms with Gasteiger partial charge in [-0.15, -0.1) is 0 Å². The standard InChI is InChI=1S/C25H26BrIN4O5/c1-3-22-29-20-6-5-17(26)13-18(20)25(33)31(22)28-14-16-11-19(27)24(21(12-16)35-4-2)36-15-23(32)30-7-9-34-10-8-30/h5-6,11-14H,3-4,7-10,15H2,1-2H3. The summed E-state index contributed by atoms with van der Waals surface area (Å²) >= 11 is 5.56. The van der Waals surface area contributed by atoms with E-state index in [1.54, 1.807) is 23.2 Å². The van der Waals surface area contributed by atoms with Crippen LogP contribution in [0, 0.1) is 3.57 Å². The summed E-state index contributed by atoms with van der Waals surface area (Å²) < 4.78 is 19.9. The summed E-state index contributed by atoms with van der Waals surface area (Å²) in [5.41, 5.74) is 1.11. The third-order valence-corrected chi connectivity index (χ3v) is 6.84. The number of nitrogens with zero attached hydrogens (tertiary/aromatic N) is 4. The fraction of sp³-hybridized carbons (Fsp3) is 0.360. The number of benzene rings is 2. The molecule has 2 aromatic carbocycles. The maximum absolute atomic E-state index is 13.2. The van der Waals surface area contributed by atoms with Crippen molar-refractivity contribution in [2.45, 2.75) is 20.3 Å². The van der Waals surface area contributed by atoms with E-state index in [9.17, 15) is 9.59 Å². The molecule has 11 heteroatoms. The molecule has 0 N–H and O–H groups in total. The molecule has 4 rings (SSSR count). The second-order valence-electron chi connectivity index (χ2n) is 7.95. The molecule has 36 heavy (non-hydrogen) atoms. The first-order valence-electron chi connectivity index (χ1n) is 11.6. The lowest BCUT2D eigenvalue weighted by Gasteiger charge is -2.27.